The number of aryl methyl sites for hydroxylation is 1. The average Bonchev–Trinajstić information content (AvgIpc) is 2.79. The Kier molecular flexibility index (Phi) is 5.03. The van der Waals surface area contributed by atoms with Gasteiger partial charge in [-0.1, -0.05) is 36.0 Å². The third kappa shape index (κ3) is 4.56. The number of alkyl halides is 3. The van der Waals surface area contributed by atoms with E-state index in [9.17, 15) is 23.1 Å². The first kappa shape index (κ1) is 16.0. The van der Waals surface area contributed by atoms with Crippen molar-refractivity contribution >= 4 is 17.9 Å². The summed E-state index contributed by atoms with van der Waals surface area (Å²) in [4.78, 5) is 10.8. The normalized spacial score (nSPS) is 19.1. The molecule has 0 bridgehead atoms. The first-order chi connectivity index (χ1) is 9.87. The summed E-state index contributed by atoms with van der Waals surface area (Å²) >= 11 is -0.124. The van der Waals surface area contributed by atoms with Crippen LogP contribution < -0.4 is 10.4 Å². The standard InChI is InChI=1S/C14H16F3NO2S/c15-14(16,17)21-8-7-12(18-13(19)20)11-6-5-9-3-1-2-4-10(9)11/h1-4,11-12,18H,5-8H2,(H,19,20)/p-1/t11?,12-/m0/s1. The number of rotatable bonds is 5. The molecule has 0 heterocycles. The second-order valence-electron chi connectivity index (χ2n) is 4.97. The maximum Gasteiger partial charge on any atom is 0.441 e. The summed E-state index contributed by atoms with van der Waals surface area (Å²) in [5.41, 5.74) is -2.14. The van der Waals surface area contributed by atoms with Gasteiger partial charge in [-0.2, -0.15) is 13.2 Å². The van der Waals surface area contributed by atoms with Crippen LogP contribution in [0.25, 0.3) is 0 Å². The van der Waals surface area contributed by atoms with Gasteiger partial charge in [-0.15, -0.1) is 0 Å². The Morgan fingerprint density at radius 3 is 2.81 bits per heavy atom. The van der Waals surface area contributed by atoms with Crippen LogP contribution >= 0.6 is 11.8 Å². The van der Waals surface area contributed by atoms with E-state index < -0.39 is 17.6 Å². The molecular formula is C14H15F3NO2S-. The summed E-state index contributed by atoms with van der Waals surface area (Å²) in [7, 11) is 0. The molecule has 1 aliphatic rings. The fourth-order valence-corrected chi connectivity index (χ4v) is 3.44. The molecule has 1 amide bonds. The van der Waals surface area contributed by atoms with E-state index in [1.54, 1.807) is 0 Å². The predicted molar refractivity (Wildman–Crippen MR) is 73.0 cm³/mol. The lowest BCUT2D eigenvalue weighted by molar-refractivity contribution is -0.251. The van der Waals surface area contributed by atoms with Crippen molar-refractivity contribution in [3.63, 3.8) is 0 Å². The molecule has 2 atom stereocenters. The predicted octanol–water partition coefficient (Wildman–Crippen LogP) is 2.66. The van der Waals surface area contributed by atoms with E-state index in [4.69, 9.17) is 0 Å². The van der Waals surface area contributed by atoms with E-state index in [-0.39, 0.29) is 29.9 Å². The molecular weight excluding hydrogens is 303 g/mol. The number of nitrogens with one attached hydrogen (secondary N) is 1. The van der Waals surface area contributed by atoms with Crippen LogP contribution in [0.15, 0.2) is 24.3 Å². The molecule has 0 fully saturated rings. The molecule has 0 aliphatic heterocycles. The first-order valence-electron chi connectivity index (χ1n) is 6.63. The van der Waals surface area contributed by atoms with Gasteiger partial charge in [0.1, 0.15) is 6.09 Å². The number of halogens is 3. The number of fused-ring (bicyclic) bond motifs is 1. The molecule has 116 valence electrons. The van der Waals surface area contributed by atoms with E-state index in [2.05, 4.69) is 5.32 Å². The maximum atomic E-state index is 12.2. The van der Waals surface area contributed by atoms with Gasteiger partial charge in [-0.25, -0.2) is 0 Å². The molecule has 1 N–H and O–H groups in total. The smallest absolute Gasteiger partial charge is 0.441 e. The lowest BCUT2D eigenvalue weighted by Crippen LogP contribution is -2.46. The molecule has 1 unspecified atom stereocenters. The first-order valence-corrected chi connectivity index (χ1v) is 7.61. The Morgan fingerprint density at radius 1 is 1.43 bits per heavy atom. The third-order valence-electron chi connectivity index (χ3n) is 3.66. The second-order valence-corrected chi connectivity index (χ2v) is 6.12. The summed E-state index contributed by atoms with van der Waals surface area (Å²) in [6.07, 6.45) is 0.234. The summed E-state index contributed by atoms with van der Waals surface area (Å²) in [6.45, 7) is 0. The van der Waals surface area contributed by atoms with Crippen molar-refractivity contribution in [3.8, 4) is 0 Å². The zero-order valence-corrected chi connectivity index (χ0v) is 12.0. The number of thioether (sulfide) groups is 1. The van der Waals surface area contributed by atoms with Crippen LogP contribution in [0.5, 0.6) is 0 Å². The van der Waals surface area contributed by atoms with Gasteiger partial charge in [-0.3, -0.25) is 0 Å². The molecule has 0 aromatic heterocycles. The fourth-order valence-electron chi connectivity index (χ4n) is 2.83. The fraction of sp³-hybridized carbons (Fsp3) is 0.500. The van der Waals surface area contributed by atoms with E-state index in [0.717, 1.165) is 24.0 Å². The van der Waals surface area contributed by atoms with Crippen LogP contribution in [0, 0.1) is 0 Å². The van der Waals surface area contributed by atoms with Gasteiger partial charge in [0.2, 0.25) is 0 Å². The number of hydrogen-bond acceptors (Lipinski definition) is 3. The highest BCUT2D eigenvalue weighted by Crippen LogP contribution is 2.38. The number of carboxylic acid groups (broad SMARTS) is 1. The van der Waals surface area contributed by atoms with Crippen molar-refractivity contribution in [1.29, 1.82) is 0 Å². The lowest BCUT2D eigenvalue weighted by Gasteiger charge is -2.27. The molecule has 0 saturated carbocycles. The number of carbonyl (C=O) groups is 1. The zero-order chi connectivity index (χ0) is 15.5. The molecule has 21 heavy (non-hydrogen) atoms. The molecule has 3 nitrogen and oxygen atoms in total. The van der Waals surface area contributed by atoms with Crippen LogP contribution in [0.4, 0.5) is 18.0 Å². The van der Waals surface area contributed by atoms with Gasteiger partial charge in [0.15, 0.2) is 0 Å². The van der Waals surface area contributed by atoms with E-state index >= 15 is 0 Å². The van der Waals surface area contributed by atoms with Crippen molar-refractivity contribution < 1.29 is 23.1 Å². The third-order valence-corrected chi connectivity index (χ3v) is 4.43. The highest BCUT2D eigenvalue weighted by molar-refractivity contribution is 8.00. The number of carbonyl (C=O) groups excluding carboxylic acids is 1. The molecule has 1 aliphatic carbocycles. The minimum Gasteiger partial charge on any atom is -0.530 e. The van der Waals surface area contributed by atoms with Crippen LogP contribution in [-0.2, 0) is 6.42 Å². The average molecular weight is 318 g/mol. The summed E-state index contributed by atoms with van der Waals surface area (Å²) in [5.74, 6) is -0.263. The second kappa shape index (κ2) is 6.60. The topological polar surface area (TPSA) is 52.2 Å². The SMILES string of the molecule is O=C([O-])N[C@@H](CCSC(F)(F)F)C1CCc2ccccc21. The number of hydrogen-bond donors (Lipinski definition) is 1. The Morgan fingerprint density at radius 2 is 2.14 bits per heavy atom. The summed E-state index contributed by atoms with van der Waals surface area (Å²) in [5, 5.41) is 13.1. The molecule has 2 rings (SSSR count). The van der Waals surface area contributed by atoms with Crippen molar-refractivity contribution in [1.82, 2.24) is 5.32 Å². The van der Waals surface area contributed by atoms with Crippen molar-refractivity contribution in [2.45, 2.75) is 36.7 Å². The Labute approximate surface area is 124 Å². The number of benzene rings is 1. The maximum absolute atomic E-state index is 12.2. The van der Waals surface area contributed by atoms with Gasteiger partial charge < -0.3 is 15.2 Å². The van der Waals surface area contributed by atoms with Crippen molar-refractivity contribution in [2.75, 3.05) is 5.75 Å². The monoisotopic (exact) mass is 318 g/mol. The largest absolute Gasteiger partial charge is 0.530 e. The van der Waals surface area contributed by atoms with E-state index in [1.807, 2.05) is 24.3 Å². The van der Waals surface area contributed by atoms with Crippen LogP contribution in [-0.4, -0.2) is 23.4 Å². The van der Waals surface area contributed by atoms with Gasteiger partial charge in [0.25, 0.3) is 0 Å². The van der Waals surface area contributed by atoms with Crippen LogP contribution in [0.2, 0.25) is 0 Å². The van der Waals surface area contributed by atoms with Gasteiger partial charge in [-0.05, 0) is 30.4 Å². The summed E-state index contributed by atoms with van der Waals surface area (Å²) in [6, 6.07) is 7.09. The summed E-state index contributed by atoms with van der Waals surface area (Å²) < 4.78 is 36.6. The highest BCUT2D eigenvalue weighted by Gasteiger charge is 2.32. The molecule has 7 heteroatoms. The molecule has 0 spiro atoms. The minimum absolute atomic E-state index is 0.0899. The van der Waals surface area contributed by atoms with Gasteiger partial charge in [0.05, 0.1) is 0 Å². The highest BCUT2D eigenvalue weighted by atomic mass is 32.2. The van der Waals surface area contributed by atoms with E-state index in [1.165, 1.54) is 0 Å². The quantitative estimate of drug-likeness (QED) is 0.908. The van der Waals surface area contributed by atoms with E-state index in [0.29, 0.717) is 0 Å². The number of amides is 1. The Hall–Kier alpha value is -1.37. The molecule has 1 aromatic rings. The lowest BCUT2D eigenvalue weighted by atomic mass is 9.91. The van der Waals surface area contributed by atoms with Crippen LogP contribution in [0.3, 0.4) is 0 Å². The molecule has 1 aromatic carbocycles. The molecule has 0 saturated heterocycles. The van der Waals surface area contributed by atoms with Crippen LogP contribution in [0.1, 0.15) is 29.9 Å². The van der Waals surface area contributed by atoms with Gasteiger partial charge >= 0.3 is 5.51 Å². The van der Waals surface area contributed by atoms with Gasteiger partial charge in [0, 0.05) is 17.7 Å². The zero-order valence-electron chi connectivity index (χ0n) is 11.2. The molecule has 0 radical (unpaired) electrons. The minimum atomic E-state index is -4.29. The Balaban J connectivity index is 2.05. The van der Waals surface area contributed by atoms with Crippen molar-refractivity contribution in [2.24, 2.45) is 0 Å². The Bertz CT molecular complexity index is 507. The van der Waals surface area contributed by atoms with Crippen molar-refractivity contribution in [3.05, 3.63) is 35.4 Å².